The fraction of sp³-hybridized carbons (Fsp3) is 0.571. The Hall–Kier alpha value is -2.57. The monoisotopic (exact) mass is 388 g/mol. The van der Waals surface area contributed by atoms with Crippen LogP contribution in [0.5, 0.6) is 5.75 Å². The molecule has 152 valence electrons. The lowest BCUT2D eigenvalue weighted by Gasteiger charge is -2.39. The lowest BCUT2D eigenvalue weighted by molar-refractivity contribution is -0.151. The first-order chi connectivity index (χ1) is 13.3. The number of carbonyl (C=O) groups excluding carboxylic acids is 3. The fourth-order valence-corrected chi connectivity index (χ4v) is 3.76. The Balaban J connectivity index is 1.65. The Labute approximate surface area is 165 Å². The Bertz CT molecular complexity index is 761. The highest BCUT2D eigenvalue weighted by atomic mass is 16.5. The Morgan fingerprint density at radius 3 is 2.79 bits per heavy atom. The standard InChI is InChI=1S/C21H28N2O5/c1-4-27-19(25)15-8-7-12-22(14-15)18(24)11-13-23-16-9-5-6-10-17(16)28-21(2,3)20(23)26/h5-6,9-10,15H,4,7-8,11-14H2,1-3H3. The van der Waals surface area contributed by atoms with Crippen molar-refractivity contribution >= 4 is 23.5 Å². The third-order valence-electron chi connectivity index (χ3n) is 5.22. The summed E-state index contributed by atoms with van der Waals surface area (Å²) < 4.78 is 10.9. The van der Waals surface area contributed by atoms with Crippen molar-refractivity contribution < 1.29 is 23.9 Å². The van der Waals surface area contributed by atoms with Gasteiger partial charge >= 0.3 is 5.97 Å². The number of ether oxygens (including phenoxy) is 2. The van der Waals surface area contributed by atoms with Gasteiger partial charge in [-0.25, -0.2) is 0 Å². The van der Waals surface area contributed by atoms with Gasteiger partial charge in [0.05, 0.1) is 18.2 Å². The average Bonchev–Trinajstić information content (AvgIpc) is 2.68. The maximum atomic E-state index is 12.8. The van der Waals surface area contributed by atoms with Crippen molar-refractivity contribution in [3.63, 3.8) is 0 Å². The summed E-state index contributed by atoms with van der Waals surface area (Å²) in [5, 5.41) is 0. The molecule has 1 aromatic carbocycles. The predicted molar refractivity (Wildman–Crippen MR) is 104 cm³/mol. The summed E-state index contributed by atoms with van der Waals surface area (Å²) in [5.74, 6) is -0.0770. The summed E-state index contributed by atoms with van der Waals surface area (Å²) in [6.07, 6.45) is 1.72. The van der Waals surface area contributed by atoms with E-state index in [1.54, 1.807) is 30.6 Å². The second kappa shape index (κ2) is 8.20. The van der Waals surface area contributed by atoms with E-state index < -0.39 is 5.60 Å². The zero-order valence-electron chi connectivity index (χ0n) is 16.8. The molecule has 2 amide bonds. The number of esters is 1. The molecule has 1 aromatic rings. The molecule has 0 radical (unpaired) electrons. The quantitative estimate of drug-likeness (QED) is 0.724. The number of anilines is 1. The van der Waals surface area contributed by atoms with Crippen molar-refractivity contribution in [2.45, 2.75) is 45.6 Å². The van der Waals surface area contributed by atoms with Crippen molar-refractivity contribution in [1.29, 1.82) is 0 Å². The van der Waals surface area contributed by atoms with Gasteiger partial charge in [0, 0.05) is 26.1 Å². The van der Waals surface area contributed by atoms with Gasteiger partial charge in [-0.05, 0) is 45.7 Å². The minimum absolute atomic E-state index is 0.0522. The van der Waals surface area contributed by atoms with Gasteiger partial charge in [-0.1, -0.05) is 12.1 Å². The molecule has 1 unspecified atom stereocenters. The first-order valence-electron chi connectivity index (χ1n) is 9.88. The van der Waals surface area contributed by atoms with Crippen molar-refractivity contribution in [3.05, 3.63) is 24.3 Å². The molecule has 0 aromatic heterocycles. The second-order valence-corrected chi connectivity index (χ2v) is 7.72. The van der Waals surface area contributed by atoms with Crippen LogP contribution in [0, 0.1) is 5.92 Å². The lowest BCUT2D eigenvalue weighted by atomic mass is 9.98. The van der Waals surface area contributed by atoms with Gasteiger partial charge in [0.1, 0.15) is 5.75 Å². The van der Waals surface area contributed by atoms with E-state index in [-0.39, 0.29) is 36.7 Å². The number of likely N-dealkylation sites (tertiary alicyclic amines) is 1. The molecule has 2 aliphatic heterocycles. The third-order valence-corrected chi connectivity index (χ3v) is 5.22. The molecule has 28 heavy (non-hydrogen) atoms. The van der Waals surface area contributed by atoms with E-state index in [1.807, 2.05) is 24.3 Å². The van der Waals surface area contributed by atoms with Crippen LogP contribution < -0.4 is 9.64 Å². The molecular weight excluding hydrogens is 360 g/mol. The van der Waals surface area contributed by atoms with Crippen LogP contribution in [0.3, 0.4) is 0 Å². The molecule has 0 N–H and O–H groups in total. The van der Waals surface area contributed by atoms with Crippen LogP contribution in [-0.4, -0.2) is 54.5 Å². The number of para-hydroxylation sites is 2. The highest BCUT2D eigenvalue weighted by Crippen LogP contribution is 2.37. The number of piperidine rings is 1. The van der Waals surface area contributed by atoms with Crippen molar-refractivity contribution in [2.75, 3.05) is 31.1 Å². The predicted octanol–water partition coefficient (Wildman–Crippen LogP) is 2.38. The van der Waals surface area contributed by atoms with E-state index in [1.165, 1.54) is 0 Å². The summed E-state index contributed by atoms with van der Waals surface area (Å²) in [5.41, 5.74) is -0.292. The first kappa shape index (κ1) is 20.2. The molecule has 0 aliphatic carbocycles. The Morgan fingerprint density at radius 1 is 1.29 bits per heavy atom. The number of carbonyl (C=O) groups is 3. The van der Waals surface area contributed by atoms with E-state index >= 15 is 0 Å². The molecule has 0 bridgehead atoms. The Morgan fingerprint density at radius 2 is 2.04 bits per heavy atom. The summed E-state index contributed by atoms with van der Waals surface area (Å²) >= 11 is 0. The zero-order chi connectivity index (χ0) is 20.3. The number of hydrogen-bond donors (Lipinski definition) is 0. The smallest absolute Gasteiger partial charge is 0.310 e. The van der Waals surface area contributed by atoms with Crippen LogP contribution in [0.1, 0.15) is 40.0 Å². The largest absolute Gasteiger partial charge is 0.476 e. The van der Waals surface area contributed by atoms with E-state index in [4.69, 9.17) is 9.47 Å². The molecule has 1 fully saturated rings. The number of benzene rings is 1. The lowest BCUT2D eigenvalue weighted by Crippen LogP contribution is -2.53. The molecule has 1 atom stereocenters. The van der Waals surface area contributed by atoms with Crippen LogP contribution in [0.15, 0.2) is 24.3 Å². The minimum Gasteiger partial charge on any atom is -0.476 e. The van der Waals surface area contributed by atoms with Crippen LogP contribution >= 0.6 is 0 Å². The SMILES string of the molecule is CCOC(=O)C1CCCN(C(=O)CCN2C(=O)C(C)(C)Oc3ccccc32)C1. The number of nitrogens with zero attached hydrogens (tertiary/aromatic N) is 2. The molecule has 1 saturated heterocycles. The Kier molecular flexibility index (Phi) is 5.91. The van der Waals surface area contributed by atoms with E-state index in [2.05, 4.69) is 0 Å². The van der Waals surface area contributed by atoms with Gasteiger partial charge in [-0.3, -0.25) is 14.4 Å². The van der Waals surface area contributed by atoms with Crippen molar-refractivity contribution in [3.8, 4) is 5.75 Å². The molecule has 3 rings (SSSR count). The summed E-state index contributed by atoms with van der Waals surface area (Å²) in [4.78, 5) is 40.9. The van der Waals surface area contributed by atoms with Crippen LogP contribution in [0.25, 0.3) is 0 Å². The second-order valence-electron chi connectivity index (χ2n) is 7.72. The highest BCUT2D eigenvalue weighted by molar-refractivity contribution is 6.02. The van der Waals surface area contributed by atoms with Gasteiger partial charge in [0.15, 0.2) is 5.60 Å². The molecule has 0 spiro atoms. The van der Waals surface area contributed by atoms with E-state index in [0.29, 0.717) is 31.1 Å². The van der Waals surface area contributed by atoms with Crippen molar-refractivity contribution in [1.82, 2.24) is 4.90 Å². The highest BCUT2D eigenvalue weighted by Gasteiger charge is 2.41. The van der Waals surface area contributed by atoms with Gasteiger partial charge in [0.2, 0.25) is 5.91 Å². The number of rotatable bonds is 5. The fourth-order valence-electron chi connectivity index (χ4n) is 3.76. The maximum absolute atomic E-state index is 12.8. The van der Waals surface area contributed by atoms with Crippen LogP contribution in [0.4, 0.5) is 5.69 Å². The summed E-state index contributed by atoms with van der Waals surface area (Å²) in [6.45, 7) is 6.88. The van der Waals surface area contributed by atoms with E-state index in [9.17, 15) is 14.4 Å². The van der Waals surface area contributed by atoms with Gasteiger partial charge < -0.3 is 19.3 Å². The molecule has 0 saturated carbocycles. The molecular formula is C21H28N2O5. The minimum atomic E-state index is -0.975. The normalized spacial score (nSPS) is 21.0. The number of amides is 2. The summed E-state index contributed by atoms with van der Waals surface area (Å²) in [6, 6.07) is 7.35. The molecule has 7 nitrogen and oxygen atoms in total. The molecule has 2 aliphatic rings. The third kappa shape index (κ3) is 4.13. The van der Waals surface area contributed by atoms with Gasteiger partial charge in [0.25, 0.3) is 5.91 Å². The topological polar surface area (TPSA) is 76.2 Å². The zero-order valence-corrected chi connectivity index (χ0v) is 16.8. The maximum Gasteiger partial charge on any atom is 0.310 e. The van der Waals surface area contributed by atoms with Crippen molar-refractivity contribution in [2.24, 2.45) is 5.92 Å². The van der Waals surface area contributed by atoms with E-state index in [0.717, 1.165) is 12.8 Å². The van der Waals surface area contributed by atoms with Crippen LogP contribution in [-0.2, 0) is 19.1 Å². The average molecular weight is 388 g/mol. The first-order valence-corrected chi connectivity index (χ1v) is 9.88. The van der Waals surface area contributed by atoms with Crippen LogP contribution in [0.2, 0.25) is 0 Å². The molecule has 7 heteroatoms. The van der Waals surface area contributed by atoms with Gasteiger partial charge in [-0.15, -0.1) is 0 Å². The number of fused-ring (bicyclic) bond motifs is 1. The van der Waals surface area contributed by atoms with Gasteiger partial charge in [-0.2, -0.15) is 0 Å². The summed E-state index contributed by atoms with van der Waals surface area (Å²) in [7, 11) is 0. The number of hydrogen-bond acceptors (Lipinski definition) is 5. The molecule has 2 heterocycles.